The number of imide groups is 2. The highest BCUT2D eigenvalue weighted by atomic mass is 16.2. The third kappa shape index (κ3) is 3.50. The number of hydrogen-bond acceptors (Lipinski definition) is 4. The molecule has 0 unspecified atom stereocenters. The van der Waals surface area contributed by atoms with Gasteiger partial charge >= 0.3 is 6.03 Å². The Hall–Kier alpha value is -3.22. The molecule has 25 heavy (non-hydrogen) atoms. The first-order valence-electron chi connectivity index (χ1n) is 8.09. The van der Waals surface area contributed by atoms with E-state index in [0.717, 1.165) is 17.0 Å². The van der Waals surface area contributed by atoms with E-state index in [4.69, 9.17) is 0 Å². The van der Waals surface area contributed by atoms with E-state index in [-0.39, 0.29) is 12.1 Å². The van der Waals surface area contributed by atoms with Crippen molar-refractivity contribution in [3.05, 3.63) is 53.9 Å². The van der Waals surface area contributed by atoms with Crippen molar-refractivity contribution in [1.29, 1.82) is 0 Å². The zero-order valence-electron chi connectivity index (χ0n) is 13.8. The van der Waals surface area contributed by atoms with E-state index in [1.54, 1.807) is 17.1 Å². The van der Waals surface area contributed by atoms with Crippen molar-refractivity contribution in [3.8, 4) is 5.69 Å². The number of urea groups is 1. The number of nitrogens with zero attached hydrogens (tertiary/aromatic N) is 3. The molecule has 0 bridgehead atoms. The van der Waals surface area contributed by atoms with E-state index in [1.807, 2.05) is 37.3 Å². The largest absolute Gasteiger partial charge is 0.331 e. The van der Waals surface area contributed by atoms with Crippen LogP contribution in [-0.2, 0) is 9.59 Å². The second-order valence-corrected chi connectivity index (χ2v) is 5.68. The summed E-state index contributed by atoms with van der Waals surface area (Å²) in [6, 6.07) is 8.82. The maximum Gasteiger partial charge on any atom is 0.331 e. The fourth-order valence-corrected chi connectivity index (χ4v) is 2.51. The normalized spacial score (nSPS) is 16.4. The van der Waals surface area contributed by atoms with Crippen molar-refractivity contribution in [1.82, 2.24) is 20.0 Å². The van der Waals surface area contributed by atoms with E-state index in [2.05, 4.69) is 10.4 Å². The van der Waals surface area contributed by atoms with Gasteiger partial charge in [-0.15, -0.1) is 0 Å². The highest BCUT2D eigenvalue weighted by Gasteiger charge is 2.35. The van der Waals surface area contributed by atoms with Crippen molar-refractivity contribution in [2.75, 3.05) is 6.54 Å². The number of carbonyl (C=O) groups is 3. The van der Waals surface area contributed by atoms with Crippen molar-refractivity contribution >= 4 is 23.9 Å². The number of barbiturate groups is 1. The van der Waals surface area contributed by atoms with Crippen LogP contribution in [-0.4, -0.2) is 39.1 Å². The summed E-state index contributed by atoms with van der Waals surface area (Å²) in [5.41, 5.74) is 1.40. The van der Waals surface area contributed by atoms with Crippen LogP contribution in [0.2, 0.25) is 0 Å². The van der Waals surface area contributed by atoms with E-state index in [0.29, 0.717) is 12.0 Å². The first-order chi connectivity index (χ1) is 12.1. The van der Waals surface area contributed by atoms with Gasteiger partial charge in [0.15, 0.2) is 0 Å². The van der Waals surface area contributed by atoms with Gasteiger partial charge in [-0.2, -0.15) is 5.10 Å². The Morgan fingerprint density at radius 1 is 1.16 bits per heavy atom. The minimum Gasteiger partial charge on any atom is -0.273 e. The molecular formula is C18H18N4O3. The Balaban J connectivity index is 1.86. The van der Waals surface area contributed by atoms with Crippen molar-refractivity contribution in [2.24, 2.45) is 0 Å². The molecule has 2 aromatic rings. The van der Waals surface area contributed by atoms with Crippen molar-refractivity contribution in [3.63, 3.8) is 0 Å². The lowest BCUT2D eigenvalue weighted by Crippen LogP contribution is -2.54. The molecule has 3 rings (SSSR count). The SMILES string of the molecule is CCCCN1C(=O)NC(=O)/C(=C\c2cnn(-c3ccccc3)c2)C1=O. The van der Waals surface area contributed by atoms with Gasteiger partial charge in [0, 0.05) is 18.3 Å². The highest BCUT2D eigenvalue weighted by molar-refractivity contribution is 6.30. The van der Waals surface area contributed by atoms with Gasteiger partial charge in [0.25, 0.3) is 11.8 Å². The summed E-state index contributed by atoms with van der Waals surface area (Å²) in [4.78, 5) is 37.4. The van der Waals surface area contributed by atoms with Crippen LogP contribution < -0.4 is 5.32 Å². The summed E-state index contributed by atoms with van der Waals surface area (Å²) < 4.78 is 1.65. The predicted octanol–water partition coefficient (Wildman–Crippen LogP) is 2.13. The van der Waals surface area contributed by atoms with Crippen LogP contribution in [0.1, 0.15) is 25.3 Å². The van der Waals surface area contributed by atoms with E-state index < -0.39 is 17.8 Å². The van der Waals surface area contributed by atoms with Crippen LogP contribution in [0.5, 0.6) is 0 Å². The minimum absolute atomic E-state index is 0.0664. The Labute approximate surface area is 144 Å². The van der Waals surface area contributed by atoms with Crippen LogP contribution in [0.3, 0.4) is 0 Å². The molecule has 0 spiro atoms. The number of carbonyl (C=O) groups excluding carboxylic acids is 3. The summed E-state index contributed by atoms with van der Waals surface area (Å²) in [6.45, 7) is 2.25. The average Bonchev–Trinajstić information content (AvgIpc) is 3.08. The van der Waals surface area contributed by atoms with Crippen molar-refractivity contribution in [2.45, 2.75) is 19.8 Å². The molecule has 0 radical (unpaired) electrons. The first-order valence-corrected chi connectivity index (χ1v) is 8.09. The Morgan fingerprint density at radius 2 is 1.92 bits per heavy atom. The molecule has 7 nitrogen and oxygen atoms in total. The van der Waals surface area contributed by atoms with Crippen LogP contribution in [0, 0.1) is 0 Å². The number of hydrogen-bond donors (Lipinski definition) is 1. The molecule has 0 saturated carbocycles. The molecule has 1 aliphatic rings. The zero-order chi connectivity index (χ0) is 17.8. The molecule has 1 saturated heterocycles. The van der Waals surface area contributed by atoms with Gasteiger partial charge in [-0.05, 0) is 24.6 Å². The topological polar surface area (TPSA) is 84.3 Å². The van der Waals surface area contributed by atoms with Gasteiger partial charge in [-0.3, -0.25) is 19.8 Å². The molecule has 0 aliphatic carbocycles. The quantitative estimate of drug-likeness (QED) is 0.669. The second kappa shape index (κ2) is 7.12. The lowest BCUT2D eigenvalue weighted by Gasteiger charge is -2.26. The van der Waals surface area contributed by atoms with Gasteiger partial charge < -0.3 is 0 Å². The highest BCUT2D eigenvalue weighted by Crippen LogP contribution is 2.16. The van der Waals surface area contributed by atoms with E-state index in [9.17, 15) is 14.4 Å². The maximum atomic E-state index is 12.5. The number of benzene rings is 1. The molecule has 1 N–H and O–H groups in total. The van der Waals surface area contributed by atoms with Gasteiger partial charge in [0.2, 0.25) is 0 Å². The fourth-order valence-electron chi connectivity index (χ4n) is 2.51. The van der Waals surface area contributed by atoms with Gasteiger partial charge in [-0.1, -0.05) is 31.5 Å². The third-order valence-electron chi connectivity index (χ3n) is 3.86. The van der Waals surface area contributed by atoms with Crippen LogP contribution >= 0.6 is 0 Å². The molecule has 1 aliphatic heterocycles. The van der Waals surface area contributed by atoms with Crippen LogP contribution in [0.4, 0.5) is 4.79 Å². The number of para-hydroxylation sites is 1. The lowest BCUT2D eigenvalue weighted by atomic mass is 10.1. The summed E-state index contributed by atoms with van der Waals surface area (Å²) in [7, 11) is 0. The molecule has 128 valence electrons. The molecule has 1 aromatic heterocycles. The zero-order valence-corrected chi connectivity index (χ0v) is 13.8. The van der Waals surface area contributed by atoms with Crippen LogP contribution in [0.15, 0.2) is 48.3 Å². The number of unbranched alkanes of at least 4 members (excludes halogenated alkanes) is 1. The Kier molecular flexibility index (Phi) is 4.74. The number of nitrogens with one attached hydrogen (secondary N) is 1. The Morgan fingerprint density at radius 3 is 2.64 bits per heavy atom. The fraction of sp³-hybridized carbons (Fsp3) is 0.222. The van der Waals surface area contributed by atoms with Gasteiger partial charge in [0.05, 0.1) is 11.9 Å². The molecule has 1 aromatic carbocycles. The summed E-state index contributed by atoms with van der Waals surface area (Å²) in [5.74, 6) is -1.26. The summed E-state index contributed by atoms with van der Waals surface area (Å²) in [6.07, 6.45) is 6.26. The lowest BCUT2D eigenvalue weighted by molar-refractivity contribution is -0.130. The first kappa shape index (κ1) is 16.6. The second-order valence-electron chi connectivity index (χ2n) is 5.68. The van der Waals surface area contributed by atoms with Crippen molar-refractivity contribution < 1.29 is 14.4 Å². The van der Waals surface area contributed by atoms with E-state index >= 15 is 0 Å². The average molecular weight is 338 g/mol. The number of aromatic nitrogens is 2. The standard InChI is InChI=1S/C18H18N4O3/c1-2-3-9-21-17(24)15(16(23)20-18(21)25)10-13-11-19-22(12-13)14-7-5-4-6-8-14/h4-8,10-12H,2-3,9H2,1H3,(H,20,23,25)/b15-10+. The maximum absolute atomic E-state index is 12.5. The predicted molar refractivity (Wildman–Crippen MR) is 91.7 cm³/mol. The van der Waals surface area contributed by atoms with Gasteiger partial charge in [-0.25, -0.2) is 9.48 Å². The molecule has 4 amide bonds. The van der Waals surface area contributed by atoms with E-state index in [1.165, 1.54) is 6.08 Å². The molecule has 1 fully saturated rings. The summed E-state index contributed by atoms with van der Waals surface area (Å²) in [5, 5.41) is 6.44. The van der Waals surface area contributed by atoms with Gasteiger partial charge in [0.1, 0.15) is 5.57 Å². The molecule has 0 atom stereocenters. The minimum atomic E-state index is -0.685. The monoisotopic (exact) mass is 338 g/mol. The van der Waals surface area contributed by atoms with Crippen LogP contribution in [0.25, 0.3) is 11.8 Å². The number of rotatable bonds is 5. The third-order valence-corrected chi connectivity index (χ3v) is 3.86. The number of amides is 4. The molecule has 2 heterocycles. The molecular weight excluding hydrogens is 320 g/mol. The smallest absolute Gasteiger partial charge is 0.273 e. The summed E-state index contributed by atoms with van der Waals surface area (Å²) >= 11 is 0. The molecule has 7 heteroatoms. The Bertz CT molecular complexity index is 839.